The molecule has 1 aromatic rings. The van der Waals surface area contributed by atoms with E-state index in [-0.39, 0.29) is 6.10 Å². The predicted octanol–water partition coefficient (Wildman–Crippen LogP) is 3.38. The molecular weight excluding hydrogens is 250 g/mol. The van der Waals surface area contributed by atoms with Crippen molar-refractivity contribution in [3.63, 3.8) is 0 Å². The molecule has 4 heteroatoms. The molecule has 1 aliphatic rings. The maximum absolute atomic E-state index is 10.1. The van der Waals surface area contributed by atoms with E-state index in [0.29, 0.717) is 0 Å². The first-order valence-corrected chi connectivity index (χ1v) is 8.22. The van der Waals surface area contributed by atoms with Crippen molar-refractivity contribution in [3.8, 4) is 0 Å². The minimum Gasteiger partial charge on any atom is -0.388 e. The smallest absolute Gasteiger partial charge is 0.0894 e. The van der Waals surface area contributed by atoms with Crippen LogP contribution in [0.5, 0.6) is 0 Å². The van der Waals surface area contributed by atoms with Gasteiger partial charge in [0, 0.05) is 11.4 Å². The van der Waals surface area contributed by atoms with Gasteiger partial charge in [-0.05, 0) is 50.2 Å². The maximum Gasteiger partial charge on any atom is 0.0894 e. The highest BCUT2D eigenvalue weighted by atomic mass is 32.2. The number of thioether (sulfide) groups is 1. The number of aliphatic hydroxyl groups is 1. The quantitative estimate of drug-likeness (QED) is 0.802. The van der Waals surface area contributed by atoms with Crippen molar-refractivity contribution in [2.45, 2.75) is 36.5 Å². The lowest BCUT2D eigenvalue weighted by molar-refractivity contribution is 0.152. The van der Waals surface area contributed by atoms with Gasteiger partial charge in [-0.2, -0.15) is 0 Å². The zero-order valence-corrected chi connectivity index (χ0v) is 12.0. The van der Waals surface area contributed by atoms with E-state index in [1.54, 1.807) is 11.3 Å². The first kappa shape index (κ1) is 13.4. The molecule has 1 aromatic heterocycles. The van der Waals surface area contributed by atoms with Gasteiger partial charge in [0.05, 0.1) is 10.3 Å². The molecule has 2 rings (SSSR count). The fourth-order valence-electron chi connectivity index (χ4n) is 2.19. The standard InChI is InChI=1S/C13H21NOS2/c1-2-16-13-6-5-12(17-13)11(15)7-10-14-8-3-4-9-14/h5-6,11,15H,2-4,7-10H2,1H3. The summed E-state index contributed by atoms with van der Waals surface area (Å²) < 4.78 is 1.32. The summed E-state index contributed by atoms with van der Waals surface area (Å²) in [5.74, 6) is 1.10. The minimum absolute atomic E-state index is 0.271. The Kier molecular flexibility index (Phi) is 5.35. The van der Waals surface area contributed by atoms with Crippen LogP contribution in [0.15, 0.2) is 16.3 Å². The number of rotatable bonds is 6. The van der Waals surface area contributed by atoms with Gasteiger partial charge in [-0.15, -0.1) is 23.1 Å². The zero-order valence-electron chi connectivity index (χ0n) is 10.4. The van der Waals surface area contributed by atoms with Gasteiger partial charge in [-0.3, -0.25) is 0 Å². The second-order valence-electron chi connectivity index (χ2n) is 4.44. The van der Waals surface area contributed by atoms with Crippen LogP contribution in [0.4, 0.5) is 0 Å². The number of hydrogen-bond acceptors (Lipinski definition) is 4. The third-order valence-corrected chi connectivity index (χ3v) is 5.43. The second-order valence-corrected chi connectivity index (χ2v) is 7.12. The number of hydrogen-bond donors (Lipinski definition) is 1. The van der Waals surface area contributed by atoms with Crippen LogP contribution in [-0.2, 0) is 0 Å². The van der Waals surface area contributed by atoms with Crippen molar-refractivity contribution in [1.29, 1.82) is 0 Å². The molecule has 0 amide bonds. The van der Waals surface area contributed by atoms with Gasteiger partial charge in [0.1, 0.15) is 0 Å². The topological polar surface area (TPSA) is 23.5 Å². The van der Waals surface area contributed by atoms with Gasteiger partial charge >= 0.3 is 0 Å². The lowest BCUT2D eigenvalue weighted by Crippen LogP contribution is -2.21. The molecule has 96 valence electrons. The van der Waals surface area contributed by atoms with Crippen LogP contribution in [0.2, 0.25) is 0 Å². The first-order valence-electron chi connectivity index (χ1n) is 6.42. The molecule has 0 radical (unpaired) electrons. The van der Waals surface area contributed by atoms with Crippen molar-refractivity contribution < 1.29 is 5.11 Å². The average molecular weight is 271 g/mol. The molecule has 1 unspecified atom stereocenters. The van der Waals surface area contributed by atoms with Crippen LogP contribution in [0, 0.1) is 0 Å². The van der Waals surface area contributed by atoms with Gasteiger partial charge in [0.15, 0.2) is 0 Å². The summed E-state index contributed by atoms with van der Waals surface area (Å²) in [6.07, 6.45) is 3.25. The largest absolute Gasteiger partial charge is 0.388 e. The SMILES string of the molecule is CCSc1ccc(C(O)CCN2CCCC2)s1. The molecule has 1 N–H and O–H groups in total. The van der Waals surface area contributed by atoms with Crippen molar-refractivity contribution in [3.05, 3.63) is 17.0 Å². The van der Waals surface area contributed by atoms with Crippen LogP contribution < -0.4 is 0 Å². The van der Waals surface area contributed by atoms with Gasteiger partial charge in [-0.1, -0.05) is 6.92 Å². The molecule has 0 aliphatic carbocycles. The molecule has 0 aromatic carbocycles. The van der Waals surface area contributed by atoms with Gasteiger partial charge in [-0.25, -0.2) is 0 Å². The van der Waals surface area contributed by atoms with Crippen molar-refractivity contribution >= 4 is 23.1 Å². The van der Waals surface area contributed by atoms with Gasteiger partial charge in [0.2, 0.25) is 0 Å². The second kappa shape index (κ2) is 6.78. The van der Waals surface area contributed by atoms with E-state index < -0.39 is 0 Å². The normalized spacial score (nSPS) is 18.7. The Morgan fingerprint density at radius 1 is 1.41 bits per heavy atom. The lowest BCUT2D eigenvalue weighted by Gasteiger charge is -2.16. The van der Waals surface area contributed by atoms with Crippen LogP contribution in [-0.4, -0.2) is 35.4 Å². The summed E-state index contributed by atoms with van der Waals surface area (Å²) in [4.78, 5) is 3.58. The highest BCUT2D eigenvalue weighted by molar-refractivity contribution is 8.01. The maximum atomic E-state index is 10.1. The van der Waals surface area contributed by atoms with Crippen molar-refractivity contribution in [2.24, 2.45) is 0 Å². The van der Waals surface area contributed by atoms with Crippen molar-refractivity contribution in [1.82, 2.24) is 4.90 Å². The Bertz CT molecular complexity index is 334. The molecule has 1 saturated heterocycles. The molecule has 2 nitrogen and oxygen atoms in total. The lowest BCUT2D eigenvalue weighted by atomic mass is 10.2. The molecule has 0 spiro atoms. The summed E-state index contributed by atoms with van der Waals surface area (Å²) in [7, 11) is 0. The predicted molar refractivity (Wildman–Crippen MR) is 76.0 cm³/mol. The van der Waals surface area contributed by atoms with E-state index in [4.69, 9.17) is 0 Å². The van der Waals surface area contributed by atoms with Crippen LogP contribution >= 0.6 is 23.1 Å². The van der Waals surface area contributed by atoms with E-state index in [9.17, 15) is 5.11 Å². The Hall–Kier alpha value is -0.0300. The monoisotopic (exact) mass is 271 g/mol. The van der Waals surface area contributed by atoms with E-state index in [2.05, 4.69) is 24.0 Å². The van der Waals surface area contributed by atoms with Gasteiger partial charge < -0.3 is 10.0 Å². The third-order valence-electron chi connectivity index (χ3n) is 3.13. The van der Waals surface area contributed by atoms with E-state index in [1.165, 1.54) is 30.1 Å². The van der Waals surface area contributed by atoms with Gasteiger partial charge in [0.25, 0.3) is 0 Å². The fraction of sp³-hybridized carbons (Fsp3) is 0.692. The number of nitrogens with zero attached hydrogens (tertiary/aromatic N) is 1. The Labute approximate surface area is 112 Å². The zero-order chi connectivity index (χ0) is 12.1. The summed E-state index contributed by atoms with van der Waals surface area (Å²) in [5.41, 5.74) is 0. The third kappa shape index (κ3) is 3.98. The summed E-state index contributed by atoms with van der Waals surface area (Å²) in [6.45, 7) is 5.63. The summed E-state index contributed by atoms with van der Waals surface area (Å²) in [6, 6.07) is 4.21. The molecular formula is C13H21NOS2. The van der Waals surface area contributed by atoms with E-state index in [0.717, 1.165) is 23.6 Å². The molecule has 17 heavy (non-hydrogen) atoms. The number of likely N-dealkylation sites (tertiary alicyclic amines) is 1. The Balaban J connectivity index is 1.79. The van der Waals surface area contributed by atoms with E-state index in [1.807, 2.05) is 11.8 Å². The summed E-state index contributed by atoms with van der Waals surface area (Å²) in [5, 5.41) is 10.1. The van der Waals surface area contributed by atoms with Crippen molar-refractivity contribution in [2.75, 3.05) is 25.4 Å². The minimum atomic E-state index is -0.271. The number of thiophene rings is 1. The van der Waals surface area contributed by atoms with Crippen LogP contribution in [0.25, 0.3) is 0 Å². The Morgan fingerprint density at radius 3 is 2.88 bits per heavy atom. The highest BCUT2D eigenvalue weighted by Crippen LogP contribution is 2.32. The Morgan fingerprint density at radius 2 is 2.18 bits per heavy atom. The average Bonchev–Trinajstić information content (AvgIpc) is 2.97. The molecule has 0 bridgehead atoms. The molecule has 0 saturated carbocycles. The highest BCUT2D eigenvalue weighted by Gasteiger charge is 2.15. The fourth-order valence-corrected chi connectivity index (χ4v) is 4.27. The molecule has 1 atom stereocenters. The van der Waals surface area contributed by atoms with E-state index >= 15 is 0 Å². The van der Waals surface area contributed by atoms with Crippen LogP contribution in [0.1, 0.15) is 37.2 Å². The molecule has 1 fully saturated rings. The molecule has 1 aliphatic heterocycles. The number of aliphatic hydroxyl groups excluding tert-OH is 1. The molecule has 2 heterocycles. The first-order chi connectivity index (χ1) is 8.29. The summed E-state index contributed by atoms with van der Waals surface area (Å²) >= 11 is 3.60. The van der Waals surface area contributed by atoms with Crippen LogP contribution in [0.3, 0.4) is 0 Å².